The van der Waals surface area contributed by atoms with E-state index in [-0.39, 0.29) is 17.1 Å². The van der Waals surface area contributed by atoms with Crippen molar-refractivity contribution < 1.29 is 9.53 Å². The van der Waals surface area contributed by atoms with Crippen LogP contribution in [0.1, 0.15) is 48.3 Å². The third-order valence-electron chi connectivity index (χ3n) is 4.97. The van der Waals surface area contributed by atoms with Gasteiger partial charge in [0.2, 0.25) is 0 Å². The summed E-state index contributed by atoms with van der Waals surface area (Å²) >= 11 is 1.45. The summed E-state index contributed by atoms with van der Waals surface area (Å²) in [5, 5.41) is 9.29. The number of thioether (sulfide) groups is 1. The van der Waals surface area contributed by atoms with Gasteiger partial charge in [-0.05, 0) is 76.1 Å². The van der Waals surface area contributed by atoms with Gasteiger partial charge in [-0.25, -0.2) is 0 Å². The molecule has 0 aliphatic rings. The molecule has 1 heterocycles. The Balaban J connectivity index is 1.87. The highest BCUT2D eigenvalue weighted by Gasteiger charge is 2.23. The van der Waals surface area contributed by atoms with Crippen LogP contribution in [-0.4, -0.2) is 32.9 Å². The molecule has 0 saturated carbocycles. The lowest BCUT2D eigenvalue weighted by Crippen LogP contribution is -2.15. The zero-order chi connectivity index (χ0) is 21.1. The second kappa shape index (κ2) is 8.82. The number of ether oxygens (including phenoxy) is 1. The molecule has 0 aliphatic carbocycles. The van der Waals surface area contributed by atoms with Crippen molar-refractivity contribution in [2.75, 3.05) is 7.11 Å². The van der Waals surface area contributed by atoms with E-state index in [1.807, 2.05) is 63.2 Å². The molecule has 5 nitrogen and oxygen atoms in total. The van der Waals surface area contributed by atoms with Crippen molar-refractivity contribution in [1.29, 1.82) is 0 Å². The Kier molecular flexibility index (Phi) is 6.42. The Hall–Kier alpha value is -2.60. The maximum atomic E-state index is 12.9. The number of benzene rings is 2. The summed E-state index contributed by atoms with van der Waals surface area (Å²) in [7, 11) is 1.65. The minimum atomic E-state index is -0.262. The Labute approximate surface area is 176 Å². The molecule has 0 N–H and O–H groups in total. The second-order valence-corrected chi connectivity index (χ2v) is 8.73. The Morgan fingerprint density at radius 3 is 2.28 bits per heavy atom. The molecule has 3 rings (SSSR count). The van der Waals surface area contributed by atoms with Gasteiger partial charge in [0.15, 0.2) is 16.8 Å². The number of rotatable bonds is 7. The number of carbonyl (C=O) groups excluding carboxylic acids is 1. The average molecular weight is 410 g/mol. The van der Waals surface area contributed by atoms with Gasteiger partial charge in [-0.15, -0.1) is 10.2 Å². The van der Waals surface area contributed by atoms with Gasteiger partial charge in [-0.3, -0.25) is 9.36 Å². The van der Waals surface area contributed by atoms with Gasteiger partial charge in [0.05, 0.1) is 12.4 Å². The molecule has 29 heavy (non-hydrogen) atoms. The fourth-order valence-corrected chi connectivity index (χ4v) is 4.16. The zero-order valence-corrected chi connectivity index (χ0v) is 18.6. The summed E-state index contributed by atoms with van der Waals surface area (Å²) in [6, 6.07) is 13.8. The van der Waals surface area contributed by atoms with Gasteiger partial charge < -0.3 is 4.74 Å². The first-order valence-corrected chi connectivity index (χ1v) is 10.6. The molecule has 0 radical (unpaired) electrons. The van der Waals surface area contributed by atoms with Gasteiger partial charge in [-0.2, -0.15) is 0 Å². The maximum absolute atomic E-state index is 12.9. The number of hydrogen-bond donors (Lipinski definition) is 0. The molecule has 2 aromatic carbocycles. The Bertz CT molecular complexity index is 1010. The molecule has 0 spiro atoms. The van der Waals surface area contributed by atoms with Gasteiger partial charge in [0.1, 0.15) is 5.75 Å². The SMILES string of the molecule is COc1ccc(-c2nnc(S[C@H](C)C(=O)c3ccc(C)c(C)c3)n2C(C)C)cc1. The van der Waals surface area contributed by atoms with E-state index in [0.29, 0.717) is 0 Å². The molecule has 0 unspecified atom stereocenters. The number of carbonyl (C=O) groups is 1. The third-order valence-corrected chi connectivity index (χ3v) is 6.03. The van der Waals surface area contributed by atoms with Crippen molar-refractivity contribution in [3.63, 3.8) is 0 Å². The highest BCUT2D eigenvalue weighted by molar-refractivity contribution is 8.00. The molecule has 6 heteroatoms. The van der Waals surface area contributed by atoms with Crippen molar-refractivity contribution in [2.45, 2.75) is 51.1 Å². The monoisotopic (exact) mass is 409 g/mol. The number of aromatic nitrogens is 3. The number of methoxy groups -OCH3 is 1. The first kappa shape index (κ1) is 21.1. The normalized spacial score (nSPS) is 12.2. The standard InChI is InChI=1S/C23H27N3O2S/c1-14(2)26-22(18-9-11-20(28-6)12-10-18)24-25-23(26)29-17(5)21(27)19-8-7-15(3)16(4)13-19/h7-14,17H,1-6H3/t17-/m1/s1. The molecule has 1 atom stereocenters. The molecule has 152 valence electrons. The summed E-state index contributed by atoms with van der Waals surface area (Å²) in [6.07, 6.45) is 0. The molecule has 3 aromatic rings. The first-order valence-electron chi connectivity index (χ1n) is 9.69. The fourth-order valence-electron chi connectivity index (χ4n) is 3.10. The van der Waals surface area contributed by atoms with E-state index in [2.05, 4.69) is 28.6 Å². The molecular weight excluding hydrogens is 382 g/mol. The smallest absolute Gasteiger partial charge is 0.192 e. The van der Waals surface area contributed by atoms with E-state index in [4.69, 9.17) is 4.74 Å². The van der Waals surface area contributed by atoms with Crippen LogP contribution >= 0.6 is 11.8 Å². The summed E-state index contributed by atoms with van der Waals surface area (Å²) in [4.78, 5) is 12.9. The third kappa shape index (κ3) is 4.53. The predicted octanol–water partition coefficient (Wildman–Crippen LogP) is 5.51. The summed E-state index contributed by atoms with van der Waals surface area (Å²) in [5.41, 5.74) is 4.01. The topological polar surface area (TPSA) is 57.0 Å². The molecule has 0 fully saturated rings. The van der Waals surface area contributed by atoms with Crippen molar-refractivity contribution in [3.8, 4) is 17.1 Å². The highest BCUT2D eigenvalue weighted by Crippen LogP contribution is 2.31. The van der Waals surface area contributed by atoms with E-state index < -0.39 is 0 Å². The van der Waals surface area contributed by atoms with Crippen LogP contribution in [0.25, 0.3) is 11.4 Å². The van der Waals surface area contributed by atoms with E-state index >= 15 is 0 Å². The van der Waals surface area contributed by atoms with Crippen molar-refractivity contribution in [1.82, 2.24) is 14.8 Å². The van der Waals surface area contributed by atoms with Crippen LogP contribution in [0.15, 0.2) is 47.6 Å². The summed E-state index contributed by atoms with van der Waals surface area (Å²) in [5.74, 6) is 1.69. The molecule has 1 aromatic heterocycles. The molecule has 0 saturated heterocycles. The fraction of sp³-hybridized carbons (Fsp3) is 0.348. The molecule has 0 amide bonds. The predicted molar refractivity (Wildman–Crippen MR) is 118 cm³/mol. The maximum Gasteiger partial charge on any atom is 0.192 e. The van der Waals surface area contributed by atoms with E-state index in [0.717, 1.165) is 33.4 Å². The lowest BCUT2D eigenvalue weighted by Gasteiger charge is -2.16. The number of aryl methyl sites for hydroxylation is 2. The van der Waals surface area contributed by atoms with Gasteiger partial charge in [0, 0.05) is 17.2 Å². The van der Waals surface area contributed by atoms with Gasteiger partial charge in [0.25, 0.3) is 0 Å². The highest BCUT2D eigenvalue weighted by atomic mass is 32.2. The van der Waals surface area contributed by atoms with Crippen molar-refractivity contribution >= 4 is 17.5 Å². The van der Waals surface area contributed by atoms with Crippen molar-refractivity contribution in [2.24, 2.45) is 0 Å². The Morgan fingerprint density at radius 1 is 1.00 bits per heavy atom. The number of ketones is 1. The lowest BCUT2D eigenvalue weighted by atomic mass is 10.0. The van der Waals surface area contributed by atoms with E-state index in [1.165, 1.54) is 17.3 Å². The number of nitrogens with zero attached hydrogens (tertiary/aromatic N) is 3. The van der Waals surface area contributed by atoms with Crippen molar-refractivity contribution in [3.05, 3.63) is 59.2 Å². The molecule has 0 aliphatic heterocycles. The van der Waals surface area contributed by atoms with Crippen LogP contribution in [0.4, 0.5) is 0 Å². The zero-order valence-electron chi connectivity index (χ0n) is 17.8. The quantitative estimate of drug-likeness (QED) is 0.380. The second-order valence-electron chi connectivity index (χ2n) is 7.42. The van der Waals surface area contributed by atoms with Crippen LogP contribution in [0.3, 0.4) is 0 Å². The number of Topliss-reactive ketones (excluding diaryl/α,β-unsaturated/α-hetero) is 1. The van der Waals surface area contributed by atoms with Gasteiger partial charge in [-0.1, -0.05) is 23.9 Å². The first-order chi connectivity index (χ1) is 13.8. The van der Waals surface area contributed by atoms with Crippen LogP contribution in [0, 0.1) is 13.8 Å². The summed E-state index contributed by atoms with van der Waals surface area (Å²) < 4.78 is 7.32. The van der Waals surface area contributed by atoms with Crippen LogP contribution in [-0.2, 0) is 0 Å². The Morgan fingerprint density at radius 2 is 1.69 bits per heavy atom. The minimum absolute atomic E-state index is 0.0994. The van der Waals surface area contributed by atoms with Crippen LogP contribution < -0.4 is 4.74 Å². The van der Waals surface area contributed by atoms with Crippen LogP contribution in [0.5, 0.6) is 5.75 Å². The van der Waals surface area contributed by atoms with Gasteiger partial charge >= 0.3 is 0 Å². The average Bonchev–Trinajstić information content (AvgIpc) is 3.13. The van der Waals surface area contributed by atoms with E-state index in [1.54, 1.807) is 7.11 Å². The number of hydrogen-bond acceptors (Lipinski definition) is 5. The van der Waals surface area contributed by atoms with E-state index in [9.17, 15) is 4.79 Å². The minimum Gasteiger partial charge on any atom is -0.497 e. The molecule has 0 bridgehead atoms. The lowest BCUT2D eigenvalue weighted by molar-refractivity contribution is 0.0993. The largest absolute Gasteiger partial charge is 0.497 e. The molecular formula is C23H27N3O2S. The summed E-state index contributed by atoms with van der Waals surface area (Å²) in [6.45, 7) is 10.2. The van der Waals surface area contributed by atoms with Crippen LogP contribution in [0.2, 0.25) is 0 Å².